The number of nitrogens with zero attached hydrogens (tertiary/aromatic N) is 5. The zero-order chi connectivity index (χ0) is 21.4. The molecule has 3 aromatic heterocycles. The van der Waals surface area contributed by atoms with Gasteiger partial charge in [0.25, 0.3) is 5.91 Å². The van der Waals surface area contributed by atoms with Crippen LogP contribution in [0, 0.1) is 5.21 Å². The third kappa shape index (κ3) is 3.55. The molecule has 3 aromatic rings. The molecule has 1 N–H and O–H groups in total. The van der Waals surface area contributed by atoms with E-state index in [1.54, 1.807) is 43.6 Å². The Morgan fingerprint density at radius 2 is 1.97 bits per heavy atom. The van der Waals surface area contributed by atoms with E-state index in [1.807, 2.05) is 11.8 Å². The minimum Gasteiger partial charge on any atom is -0.619 e. The molecule has 0 aromatic carbocycles. The number of anilines is 3. The van der Waals surface area contributed by atoms with Crippen molar-refractivity contribution < 1.29 is 14.6 Å². The van der Waals surface area contributed by atoms with Crippen LogP contribution in [0.1, 0.15) is 34.5 Å². The quantitative estimate of drug-likeness (QED) is 0.392. The van der Waals surface area contributed by atoms with Crippen LogP contribution in [0.3, 0.4) is 0 Å². The summed E-state index contributed by atoms with van der Waals surface area (Å²) in [5.41, 5.74) is 2.38. The van der Waals surface area contributed by atoms with Gasteiger partial charge in [0.05, 0.1) is 17.4 Å². The van der Waals surface area contributed by atoms with E-state index >= 15 is 0 Å². The van der Waals surface area contributed by atoms with Gasteiger partial charge in [-0.3, -0.25) is 4.79 Å². The van der Waals surface area contributed by atoms with Gasteiger partial charge in [-0.2, -0.15) is 4.73 Å². The first-order valence-corrected chi connectivity index (χ1v) is 9.84. The number of aliphatic hydroxyl groups excluding tert-OH is 1. The number of rotatable bonds is 4. The Morgan fingerprint density at radius 1 is 1.23 bits per heavy atom. The molecule has 4 rings (SSSR count). The minimum absolute atomic E-state index is 0.220. The number of fused-ring (bicyclic) bond motifs is 2. The molecular weight excluding hydrogens is 406 g/mol. The molecule has 1 atom stereocenters. The van der Waals surface area contributed by atoms with E-state index in [0.29, 0.717) is 50.4 Å². The van der Waals surface area contributed by atoms with Crippen LogP contribution in [0.4, 0.5) is 17.3 Å². The molecule has 1 amide bonds. The summed E-state index contributed by atoms with van der Waals surface area (Å²) in [6.07, 6.45) is 3.74. The maximum Gasteiger partial charge on any atom is 0.261 e. The monoisotopic (exact) mass is 425 g/mol. The second kappa shape index (κ2) is 7.89. The van der Waals surface area contributed by atoms with Crippen LogP contribution in [-0.4, -0.2) is 34.6 Å². The number of aromatic nitrogens is 3. The molecule has 0 spiro atoms. The Bertz CT molecular complexity index is 1110. The highest BCUT2D eigenvalue weighted by Gasteiger charge is 2.31. The smallest absolute Gasteiger partial charge is 0.261 e. The summed E-state index contributed by atoms with van der Waals surface area (Å²) in [5, 5.41) is 22.1. The van der Waals surface area contributed by atoms with Crippen LogP contribution in [0.15, 0.2) is 48.9 Å². The van der Waals surface area contributed by atoms with E-state index in [9.17, 15) is 15.1 Å². The lowest BCUT2D eigenvalue weighted by Crippen LogP contribution is -2.25. The number of hydrogen-bond acceptors (Lipinski definition) is 6. The highest BCUT2D eigenvalue weighted by atomic mass is 35.5. The molecule has 4 heterocycles. The summed E-state index contributed by atoms with van der Waals surface area (Å²) in [7, 11) is 1.68. The summed E-state index contributed by atoms with van der Waals surface area (Å²) >= 11 is 6.10. The molecule has 0 saturated carbocycles. The maximum atomic E-state index is 13.2. The molecule has 30 heavy (non-hydrogen) atoms. The van der Waals surface area contributed by atoms with Crippen molar-refractivity contribution >= 4 is 34.8 Å². The summed E-state index contributed by atoms with van der Waals surface area (Å²) in [6, 6.07) is 8.29. The molecule has 1 aliphatic heterocycles. The van der Waals surface area contributed by atoms with E-state index in [1.165, 1.54) is 17.3 Å². The van der Waals surface area contributed by atoms with Crippen LogP contribution in [0.25, 0.3) is 0 Å². The van der Waals surface area contributed by atoms with E-state index in [-0.39, 0.29) is 12.3 Å². The second-order valence-electron chi connectivity index (χ2n) is 7.01. The lowest BCUT2D eigenvalue weighted by atomic mass is 10.0. The van der Waals surface area contributed by atoms with Crippen molar-refractivity contribution in [1.29, 1.82) is 0 Å². The van der Waals surface area contributed by atoms with Gasteiger partial charge in [-0.1, -0.05) is 11.6 Å². The topological polar surface area (TPSA) is 96.5 Å². The van der Waals surface area contributed by atoms with Crippen LogP contribution in [0.5, 0.6) is 0 Å². The zero-order valence-electron chi connectivity index (χ0n) is 16.5. The standard InChI is InChI=1S/C21H20ClN5O3/c1-3-27-19-15(21(29)25(2)16-4-5-18(22)24-20(16)27)10-13(12-23-19)11-17(28)14-6-8-26(30)9-7-14/h4-10,12,17,28H,3,11H2,1-2H3. The average Bonchev–Trinajstić information content (AvgIpc) is 2.82. The minimum atomic E-state index is -0.829. The van der Waals surface area contributed by atoms with Crippen molar-refractivity contribution in [3.63, 3.8) is 0 Å². The van der Waals surface area contributed by atoms with Gasteiger partial charge in [0, 0.05) is 38.3 Å². The van der Waals surface area contributed by atoms with Crippen molar-refractivity contribution in [2.45, 2.75) is 19.4 Å². The van der Waals surface area contributed by atoms with Gasteiger partial charge in [0.15, 0.2) is 18.2 Å². The number of carbonyl (C=O) groups is 1. The number of amides is 1. The predicted molar refractivity (Wildman–Crippen MR) is 113 cm³/mol. The number of aliphatic hydroxyl groups is 1. The van der Waals surface area contributed by atoms with Crippen LogP contribution < -0.4 is 14.5 Å². The zero-order valence-corrected chi connectivity index (χ0v) is 17.2. The Kier molecular flexibility index (Phi) is 5.27. The first-order chi connectivity index (χ1) is 14.4. The van der Waals surface area contributed by atoms with Gasteiger partial charge >= 0.3 is 0 Å². The third-order valence-corrected chi connectivity index (χ3v) is 5.32. The van der Waals surface area contributed by atoms with Crippen molar-refractivity contribution in [2.75, 3.05) is 23.4 Å². The average molecular weight is 426 g/mol. The van der Waals surface area contributed by atoms with E-state index < -0.39 is 6.10 Å². The van der Waals surface area contributed by atoms with Crippen LogP contribution in [-0.2, 0) is 6.42 Å². The van der Waals surface area contributed by atoms with Crippen molar-refractivity contribution in [3.8, 4) is 0 Å². The predicted octanol–water partition coefficient (Wildman–Crippen LogP) is 2.79. The Hall–Kier alpha value is -3.23. The fourth-order valence-electron chi connectivity index (χ4n) is 3.54. The van der Waals surface area contributed by atoms with E-state index in [2.05, 4.69) is 9.97 Å². The first-order valence-electron chi connectivity index (χ1n) is 9.47. The SMILES string of the molecule is CCN1c2ncc(CC(O)c3cc[n+]([O-])cc3)cc2C(=O)N(C)c2ccc(Cl)nc21. The number of hydrogen-bond donors (Lipinski definition) is 1. The highest BCUT2D eigenvalue weighted by Crippen LogP contribution is 2.38. The van der Waals surface area contributed by atoms with Crippen LogP contribution >= 0.6 is 11.6 Å². The molecule has 8 nitrogen and oxygen atoms in total. The Labute approximate surface area is 178 Å². The number of pyridine rings is 3. The van der Waals surface area contributed by atoms with Crippen LogP contribution in [0.2, 0.25) is 5.15 Å². The fraction of sp³-hybridized carbons (Fsp3) is 0.238. The van der Waals surface area contributed by atoms with Gasteiger partial charge in [-0.05, 0) is 36.2 Å². The van der Waals surface area contributed by atoms with Crippen molar-refractivity contribution in [3.05, 3.63) is 76.0 Å². The van der Waals surface area contributed by atoms with E-state index in [0.717, 1.165) is 0 Å². The third-order valence-electron chi connectivity index (χ3n) is 5.11. The highest BCUT2D eigenvalue weighted by molar-refractivity contribution is 6.29. The molecule has 1 aliphatic rings. The largest absolute Gasteiger partial charge is 0.619 e. The molecule has 0 radical (unpaired) electrons. The molecule has 9 heteroatoms. The lowest BCUT2D eigenvalue weighted by Gasteiger charge is -2.23. The Morgan fingerprint density at radius 3 is 2.67 bits per heavy atom. The molecule has 0 bridgehead atoms. The van der Waals surface area contributed by atoms with Gasteiger partial charge in [0.1, 0.15) is 11.0 Å². The second-order valence-corrected chi connectivity index (χ2v) is 7.40. The normalized spacial score (nSPS) is 14.2. The summed E-state index contributed by atoms with van der Waals surface area (Å²) in [6.45, 7) is 2.49. The maximum absolute atomic E-state index is 13.2. The van der Waals surface area contributed by atoms with Crippen molar-refractivity contribution in [2.24, 2.45) is 0 Å². The summed E-state index contributed by atoms with van der Waals surface area (Å²) in [4.78, 5) is 25.5. The lowest BCUT2D eigenvalue weighted by molar-refractivity contribution is -0.605. The molecule has 0 saturated heterocycles. The van der Waals surface area contributed by atoms with Crippen molar-refractivity contribution in [1.82, 2.24) is 9.97 Å². The van der Waals surface area contributed by atoms with Gasteiger partial charge < -0.3 is 20.1 Å². The fourth-order valence-corrected chi connectivity index (χ4v) is 3.68. The number of halogens is 1. The van der Waals surface area contributed by atoms with Gasteiger partial charge in [0.2, 0.25) is 0 Å². The molecule has 0 aliphatic carbocycles. The number of carbonyl (C=O) groups excluding carboxylic acids is 1. The van der Waals surface area contributed by atoms with Gasteiger partial charge in [-0.25, -0.2) is 9.97 Å². The van der Waals surface area contributed by atoms with E-state index in [4.69, 9.17) is 11.6 Å². The first kappa shape index (κ1) is 20.1. The summed E-state index contributed by atoms with van der Waals surface area (Å²) < 4.78 is 0.659. The molecule has 1 unspecified atom stereocenters. The summed E-state index contributed by atoms with van der Waals surface area (Å²) in [5.74, 6) is 0.838. The molecular formula is C21H20ClN5O3. The molecule has 0 fully saturated rings. The van der Waals surface area contributed by atoms with Gasteiger partial charge in [-0.15, -0.1) is 0 Å². The molecule has 154 valence electrons. The Balaban J connectivity index is 1.72.